The standard InChI is InChI=1S/C19H25Cl2N5S/c1-5-24(11-14(4)9-22)12-26-19(27)25(10-13(2)3)18(23-26)16-7-6-15(20)8-17(16)21/h6-8,13-14H,5,10-12H2,1-4H3. The Bertz CT molecular complexity index is 881. The van der Waals surface area contributed by atoms with Crippen molar-refractivity contribution in [2.24, 2.45) is 11.8 Å². The van der Waals surface area contributed by atoms with Crippen molar-refractivity contribution in [2.75, 3.05) is 13.1 Å². The Morgan fingerprint density at radius 3 is 2.56 bits per heavy atom. The molecule has 1 atom stereocenters. The summed E-state index contributed by atoms with van der Waals surface area (Å²) in [7, 11) is 0. The van der Waals surface area contributed by atoms with E-state index in [1.54, 1.807) is 12.1 Å². The molecule has 0 N–H and O–H groups in total. The monoisotopic (exact) mass is 425 g/mol. The normalized spacial score (nSPS) is 12.6. The van der Waals surface area contributed by atoms with E-state index in [0.717, 1.165) is 24.5 Å². The predicted octanol–water partition coefficient (Wildman–Crippen LogP) is 5.48. The van der Waals surface area contributed by atoms with Crippen LogP contribution in [0.25, 0.3) is 11.4 Å². The van der Waals surface area contributed by atoms with Crippen LogP contribution in [0.5, 0.6) is 0 Å². The van der Waals surface area contributed by atoms with Crippen LogP contribution < -0.4 is 0 Å². The van der Waals surface area contributed by atoms with Gasteiger partial charge in [0.25, 0.3) is 0 Å². The molecule has 2 rings (SSSR count). The van der Waals surface area contributed by atoms with Crippen molar-refractivity contribution in [2.45, 2.75) is 40.9 Å². The summed E-state index contributed by atoms with van der Waals surface area (Å²) < 4.78 is 4.48. The van der Waals surface area contributed by atoms with E-state index < -0.39 is 0 Å². The van der Waals surface area contributed by atoms with Crippen molar-refractivity contribution in [3.63, 3.8) is 0 Å². The highest BCUT2D eigenvalue weighted by molar-refractivity contribution is 7.71. The van der Waals surface area contributed by atoms with Crippen LogP contribution in [0.2, 0.25) is 10.0 Å². The molecular formula is C19H25Cl2N5S. The molecule has 0 spiro atoms. The molecule has 1 aromatic carbocycles. The second-order valence-electron chi connectivity index (χ2n) is 7.08. The summed E-state index contributed by atoms with van der Waals surface area (Å²) in [6, 6.07) is 7.67. The smallest absolute Gasteiger partial charge is 0.199 e. The minimum Gasteiger partial charge on any atom is -0.300 e. The van der Waals surface area contributed by atoms with Crippen molar-refractivity contribution >= 4 is 35.4 Å². The Balaban J connectivity index is 2.47. The van der Waals surface area contributed by atoms with Gasteiger partial charge in [-0.15, -0.1) is 0 Å². The summed E-state index contributed by atoms with van der Waals surface area (Å²) in [5.74, 6) is 1.09. The summed E-state index contributed by atoms with van der Waals surface area (Å²) in [6.07, 6.45) is 0. The number of rotatable bonds is 8. The van der Waals surface area contributed by atoms with Gasteiger partial charge in [-0.25, -0.2) is 4.68 Å². The molecule has 0 aliphatic heterocycles. The van der Waals surface area contributed by atoms with Crippen molar-refractivity contribution in [1.82, 2.24) is 19.2 Å². The Labute approximate surface area is 176 Å². The van der Waals surface area contributed by atoms with E-state index in [2.05, 4.69) is 31.7 Å². The highest BCUT2D eigenvalue weighted by Gasteiger charge is 2.18. The van der Waals surface area contributed by atoms with Gasteiger partial charge in [-0.2, -0.15) is 10.4 Å². The summed E-state index contributed by atoms with van der Waals surface area (Å²) in [4.78, 5) is 2.16. The third-order valence-electron chi connectivity index (χ3n) is 4.18. The van der Waals surface area contributed by atoms with Crippen molar-refractivity contribution < 1.29 is 0 Å². The number of benzene rings is 1. The van der Waals surface area contributed by atoms with E-state index in [-0.39, 0.29) is 5.92 Å². The van der Waals surface area contributed by atoms with Gasteiger partial charge in [0.05, 0.1) is 23.7 Å². The first-order valence-corrected chi connectivity index (χ1v) is 10.2. The molecule has 5 nitrogen and oxygen atoms in total. The van der Waals surface area contributed by atoms with E-state index in [9.17, 15) is 0 Å². The first-order valence-electron chi connectivity index (χ1n) is 9.01. The van der Waals surface area contributed by atoms with E-state index in [1.165, 1.54) is 0 Å². The lowest BCUT2D eigenvalue weighted by molar-refractivity contribution is 0.201. The second kappa shape index (κ2) is 9.70. The van der Waals surface area contributed by atoms with E-state index >= 15 is 0 Å². The molecular weight excluding hydrogens is 401 g/mol. The molecule has 1 unspecified atom stereocenters. The lowest BCUT2D eigenvalue weighted by Gasteiger charge is -2.21. The molecule has 0 fully saturated rings. The average Bonchev–Trinajstić information content (AvgIpc) is 2.89. The van der Waals surface area contributed by atoms with Gasteiger partial charge in [-0.05, 0) is 49.8 Å². The first-order chi connectivity index (χ1) is 12.8. The molecule has 27 heavy (non-hydrogen) atoms. The maximum atomic E-state index is 9.10. The van der Waals surface area contributed by atoms with Gasteiger partial charge in [0, 0.05) is 23.7 Å². The van der Waals surface area contributed by atoms with Gasteiger partial charge in [0.1, 0.15) is 0 Å². The van der Waals surface area contributed by atoms with Crippen LogP contribution in [0.15, 0.2) is 18.2 Å². The van der Waals surface area contributed by atoms with Crippen LogP contribution in [0, 0.1) is 27.9 Å². The summed E-state index contributed by atoms with van der Waals surface area (Å²) in [6.45, 7) is 11.0. The molecule has 0 amide bonds. The average molecular weight is 426 g/mol. The molecule has 0 aliphatic rings. The van der Waals surface area contributed by atoms with Crippen LogP contribution in [-0.2, 0) is 13.2 Å². The van der Waals surface area contributed by atoms with E-state index in [4.69, 9.17) is 45.8 Å². The van der Waals surface area contributed by atoms with E-state index in [1.807, 2.05) is 22.2 Å². The van der Waals surface area contributed by atoms with Crippen LogP contribution in [-0.4, -0.2) is 32.3 Å². The Morgan fingerprint density at radius 2 is 2.00 bits per heavy atom. The van der Waals surface area contributed by atoms with Gasteiger partial charge in [0.15, 0.2) is 10.6 Å². The van der Waals surface area contributed by atoms with Crippen LogP contribution in [0.1, 0.15) is 27.7 Å². The number of halogens is 2. The Morgan fingerprint density at radius 1 is 1.30 bits per heavy atom. The topological polar surface area (TPSA) is 49.8 Å². The lowest BCUT2D eigenvalue weighted by Crippen LogP contribution is -2.31. The molecule has 8 heteroatoms. The minimum absolute atomic E-state index is 0.0537. The van der Waals surface area contributed by atoms with Crippen LogP contribution in [0.3, 0.4) is 0 Å². The summed E-state index contributed by atoms with van der Waals surface area (Å²) in [5, 5.41) is 15.0. The minimum atomic E-state index is -0.0537. The molecule has 0 saturated carbocycles. The van der Waals surface area contributed by atoms with Crippen LogP contribution in [0.4, 0.5) is 0 Å². The zero-order valence-electron chi connectivity index (χ0n) is 16.1. The highest BCUT2D eigenvalue weighted by atomic mass is 35.5. The summed E-state index contributed by atoms with van der Waals surface area (Å²) >= 11 is 18.2. The van der Waals surface area contributed by atoms with Crippen LogP contribution >= 0.6 is 35.4 Å². The van der Waals surface area contributed by atoms with Crippen molar-refractivity contribution in [1.29, 1.82) is 5.26 Å². The second-order valence-corrected chi connectivity index (χ2v) is 8.28. The fraction of sp³-hybridized carbons (Fsp3) is 0.526. The van der Waals surface area contributed by atoms with Gasteiger partial charge in [-0.3, -0.25) is 9.47 Å². The molecule has 146 valence electrons. The maximum Gasteiger partial charge on any atom is 0.199 e. The third kappa shape index (κ3) is 5.55. The van der Waals surface area contributed by atoms with Gasteiger partial charge < -0.3 is 0 Å². The third-order valence-corrected chi connectivity index (χ3v) is 5.16. The number of nitriles is 1. The Kier molecular flexibility index (Phi) is 7.87. The van der Waals surface area contributed by atoms with Crippen molar-refractivity contribution in [3.05, 3.63) is 33.0 Å². The zero-order chi connectivity index (χ0) is 20.1. The SMILES string of the molecule is CCN(CC(C)C#N)Cn1nc(-c2ccc(Cl)cc2Cl)n(CC(C)C)c1=S. The summed E-state index contributed by atoms with van der Waals surface area (Å²) in [5.41, 5.74) is 0.806. The van der Waals surface area contributed by atoms with Crippen molar-refractivity contribution in [3.8, 4) is 17.5 Å². The predicted molar refractivity (Wildman–Crippen MR) is 113 cm³/mol. The van der Waals surface area contributed by atoms with Gasteiger partial charge >= 0.3 is 0 Å². The highest BCUT2D eigenvalue weighted by Crippen LogP contribution is 2.30. The number of hydrogen-bond acceptors (Lipinski definition) is 4. The zero-order valence-corrected chi connectivity index (χ0v) is 18.4. The number of aromatic nitrogens is 3. The molecule has 2 aromatic rings. The molecule has 0 radical (unpaired) electrons. The quantitative estimate of drug-likeness (QED) is 0.525. The molecule has 0 aliphatic carbocycles. The largest absolute Gasteiger partial charge is 0.300 e. The molecule has 0 bridgehead atoms. The Hall–Kier alpha value is -1.39. The molecule has 1 aromatic heterocycles. The number of nitrogens with zero attached hydrogens (tertiary/aromatic N) is 5. The number of hydrogen-bond donors (Lipinski definition) is 0. The maximum absolute atomic E-state index is 9.10. The van der Waals surface area contributed by atoms with E-state index in [0.29, 0.717) is 33.9 Å². The van der Waals surface area contributed by atoms with Gasteiger partial charge in [0.2, 0.25) is 0 Å². The first kappa shape index (κ1) is 21.9. The fourth-order valence-corrected chi connectivity index (χ4v) is 3.59. The lowest BCUT2D eigenvalue weighted by atomic mass is 10.2. The fourth-order valence-electron chi connectivity index (χ4n) is 2.84. The molecule has 1 heterocycles. The molecule has 0 saturated heterocycles. The van der Waals surface area contributed by atoms with Gasteiger partial charge in [-0.1, -0.05) is 44.0 Å².